The van der Waals surface area contributed by atoms with Crippen LogP contribution in [0.25, 0.3) is 0 Å². The highest BCUT2D eigenvalue weighted by atomic mass is 15.3. The fraction of sp³-hybridized carbons (Fsp3) is 0.500. The molecule has 39 valence electrons. The molecule has 1 aliphatic rings. The van der Waals surface area contributed by atoms with Crippen LogP contribution in [0.15, 0.2) is 11.9 Å². The van der Waals surface area contributed by atoms with Gasteiger partial charge >= 0.3 is 0 Å². The maximum Gasteiger partial charge on any atom is 0.110 e. The van der Waals surface area contributed by atoms with Crippen LogP contribution < -0.4 is 16.6 Å². The van der Waals surface area contributed by atoms with Crippen molar-refractivity contribution in [1.29, 1.82) is 0 Å². The summed E-state index contributed by atoms with van der Waals surface area (Å²) < 4.78 is 0. The minimum absolute atomic E-state index is 0.833. The van der Waals surface area contributed by atoms with E-state index in [1.54, 1.807) is 0 Å². The van der Waals surface area contributed by atoms with Crippen LogP contribution >= 0.6 is 0 Å². The third kappa shape index (κ3) is 0.838. The second kappa shape index (κ2) is 1.84. The fourth-order valence-electron chi connectivity index (χ4n) is 0.591. The average Bonchev–Trinajstić information content (AvgIpc) is 2.14. The Morgan fingerprint density at radius 2 is 2.71 bits per heavy atom. The molecule has 0 saturated carbocycles. The van der Waals surface area contributed by atoms with E-state index >= 15 is 0 Å². The molecule has 1 rings (SSSR count). The lowest BCUT2D eigenvalue weighted by Crippen LogP contribution is -2.20. The topological polar surface area (TPSA) is 47.9 Å². The van der Waals surface area contributed by atoms with Crippen LogP contribution in [0.2, 0.25) is 0 Å². The molecule has 0 fully saturated rings. The van der Waals surface area contributed by atoms with Crippen molar-refractivity contribution in [2.75, 3.05) is 6.54 Å². The van der Waals surface area contributed by atoms with E-state index in [9.17, 15) is 0 Å². The molecule has 0 atom stereocenters. The van der Waals surface area contributed by atoms with Crippen molar-refractivity contribution in [3.8, 4) is 0 Å². The summed E-state index contributed by atoms with van der Waals surface area (Å²) in [4.78, 5) is 0. The smallest absolute Gasteiger partial charge is 0.110 e. The molecule has 1 heterocycles. The lowest BCUT2D eigenvalue weighted by atomic mass is 10.5. The molecule has 0 spiro atoms. The van der Waals surface area contributed by atoms with Gasteiger partial charge in [0.05, 0.1) is 0 Å². The molecule has 0 bridgehead atoms. The van der Waals surface area contributed by atoms with Gasteiger partial charge in [0.1, 0.15) is 5.82 Å². The second-order valence-electron chi connectivity index (χ2n) is 1.46. The van der Waals surface area contributed by atoms with Crippen LogP contribution in [-0.4, -0.2) is 6.54 Å². The Balaban J connectivity index is 2.36. The highest BCUT2D eigenvalue weighted by Gasteiger charge is 1.97. The third-order valence-corrected chi connectivity index (χ3v) is 0.943. The molecule has 1 radical (unpaired) electrons. The molecule has 1 aliphatic heterocycles. The number of hydrogen-bond acceptors (Lipinski definition) is 2. The van der Waals surface area contributed by atoms with Gasteiger partial charge in [-0.15, -0.1) is 0 Å². The Kier molecular flexibility index (Phi) is 1.17. The molecule has 0 aromatic rings. The minimum Gasteiger partial charge on any atom is -0.371 e. The van der Waals surface area contributed by atoms with Crippen molar-refractivity contribution in [1.82, 2.24) is 16.6 Å². The Morgan fingerprint density at radius 3 is 3.00 bits per heavy atom. The van der Waals surface area contributed by atoms with Crippen LogP contribution in [0, 0.1) is 0 Å². The van der Waals surface area contributed by atoms with Crippen LogP contribution in [0.3, 0.4) is 0 Å². The Hall–Kier alpha value is -0.700. The van der Waals surface area contributed by atoms with Crippen molar-refractivity contribution in [2.24, 2.45) is 0 Å². The summed E-state index contributed by atoms with van der Waals surface area (Å²) in [7, 11) is 0. The summed E-state index contributed by atoms with van der Waals surface area (Å²) in [6.45, 7) is 0.973. The predicted molar refractivity (Wildman–Crippen MR) is 26.9 cm³/mol. The molecule has 0 aromatic carbocycles. The van der Waals surface area contributed by atoms with Crippen molar-refractivity contribution < 1.29 is 0 Å². The largest absolute Gasteiger partial charge is 0.371 e. The van der Waals surface area contributed by atoms with E-state index < -0.39 is 0 Å². The van der Waals surface area contributed by atoms with Gasteiger partial charge in [0.2, 0.25) is 0 Å². The Labute approximate surface area is 42.5 Å². The number of hydrogen-bond donors (Lipinski definition) is 2. The van der Waals surface area contributed by atoms with Gasteiger partial charge in [-0.3, -0.25) is 5.43 Å². The molecule has 7 heavy (non-hydrogen) atoms. The zero-order chi connectivity index (χ0) is 5.11. The van der Waals surface area contributed by atoms with E-state index in [0.717, 1.165) is 18.8 Å². The van der Waals surface area contributed by atoms with Crippen LogP contribution in [-0.2, 0) is 0 Å². The van der Waals surface area contributed by atoms with Crippen molar-refractivity contribution in [3.05, 3.63) is 11.9 Å². The molecule has 3 heteroatoms. The summed E-state index contributed by atoms with van der Waals surface area (Å²) in [6, 6.07) is 0. The minimum atomic E-state index is 0.833. The monoisotopic (exact) mass is 98.1 g/mol. The molecule has 0 unspecified atom stereocenters. The van der Waals surface area contributed by atoms with E-state index in [0.29, 0.717) is 0 Å². The van der Waals surface area contributed by atoms with E-state index in [1.165, 1.54) is 0 Å². The first-order chi connectivity index (χ1) is 3.43. The molecular formula is C4H8N3. The average molecular weight is 98.1 g/mol. The van der Waals surface area contributed by atoms with Crippen LogP contribution in [0.4, 0.5) is 0 Å². The SMILES string of the molecule is [NH]NC1=CCCN1. The van der Waals surface area contributed by atoms with Gasteiger partial charge in [0.15, 0.2) is 0 Å². The highest BCUT2D eigenvalue weighted by Crippen LogP contribution is 1.93. The van der Waals surface area contributed by atoms with E-state index in [4.69, 9.17) is 5.84 Å². The molecular weight excluding hydrogens is 90.1 g/mol. The molecule has 0 aliphatic carbocycles. The first-order valence-electron chi connectivity index (χ1n) is 2.30. The highest BCUT2D eigenvalue weighted by molar-refractivity contribution is 5.01. The van der Waals surface area contributed by atoms with Crippen molar-refractivity contribution >= 4 is 0 Å². The van der Waals surface area contributed by atoms with Crippen molar-refractivity contribution in [2.45, 2.75) is 6.42 Å². The van der Waals surface area contributed by atoms with Gasteiger partial charge in [-0.1, -0.05) is 0 Å². The molecule has 3 N–H and O–H groups in total. The summed E-state index contributed by atoms with van der Waals surface area (Å²) in [5, 5.41) is 2.97. The summed E-state index contributed by atoms with van der Waals surface area (Å²) >= 11 is 0. The summed E-state index contributed by atoms with van der Waals surface area (Å²) in [5.41, 5.74) is 2.26. The van der Waals surface area contributed by atoms with Gasteiger partial charge in [0.25, 0.3) is 0 Å². The zero-order valence-corrected chi connectivity index (χ0v) is 3.99. The molecule has 3 nitrogen and oxygen atoms in total. The van der Waals surface area contributed by atoms with Gasteiger partial charge in [-0.25, -0.2) is 0 Å². The fourth-order valence-corrected chi connectivity index (χ4v) is 0.591. The zero-order valence-electron chi connectivity index (χ0n) is 3.99. The first kappa shape index (κ1) is 4.46. The lowest BCUT2D eigenvalue weighted by Gasteiger charge is -1.97. The van der Waals surface area contributed by atoms with E-state index in [1.807, 2.05) is 6.08 Å². The van der Waals surface area contributed by atoms with Gasteiger partial charge in [-0.2, -0.15) is 5.84 Å². The Bertz CT molecular complexity index is 86.9. The van der Waals surface area contributed by atoms with Crippen molar-refractivity contribution in [3.63, 3.8) is 0 Å². The lowest BCUT2D eigenvalue weighted by molar-refractivity contribution is 0.742. The Morgan fingerprint density at radius 1 is 1.86 bits per heavy atom. The summed E-state index contributed by atoms with van der Waals surface area (Å²) in [5.74, 6) is 7.45. The first-order valence-corrected chi connectivity index (χ1v) is 2.30. The maximum atomic E-state index is 6.62. The standard InChI is InChI=1S/C4H8N3/c5-7-4-2-1-3-6-4/h2,5-7H,1,3H2. The number of nitrogens with one attached hydrogen (secondary N) is 3. The predicted octanol–water partition coefficient (Wildman–Crippen LogP) is -0.391. The van der Waals surface area contributed by atoms with Gasteiger partial charge < -0.3 is 5.32 Å². The van der Waals surface area contributed by atoms with Gasteiger partial charge in [0, 0.05) is 6.54 Å². The molecule has 0 aromatic heterocycles. The number of rotatable bonds is 1. The summed E-state index contributed by atoms with van der Waals surface area (Å²) in [6.07, 6.45) is 3.01. The van der Waals surface area contributed by atoms with E-state index in [2.05, 4.69) is 10.7 Å². The molecule has 0 saturated heterocycles. The van der Waals surface area contributed by atoms with Crippen LogP contribution in [0.5, 0.6) is 0 Å². The second-order valence-corrected chi connectivity index (χ2v) is 1.46. The van der Waals surface area contributed by atoms with E-state index in [-0.39, 0.29) is 0 Å². The normalized spacial score (nSPS) is 18.1. The quantitative estimate of drug-likeness (QED) is 0.439. The van der Waals surface area contributed by atoms with Gasteiger partial charge in [-0.05, 0) is 12.5 Å². The maximum absolute atomic E-state index is 6.62. The van der Waals surface area contributed by atoms with Crippen LogP contribution in [0.1, 0.15) is 6.42 Å². The molecule has 0 amide bonds. The third-order valence-electron chi connectivity index (χ3n) is 0.943.